The molecule has 1 amide bonds. The maximum atomic E-state index is 13.2. The molecule has 1 aliphatic carbocycles. The SMILES string of the molecule is CCn1ncc(CNC(=O)C(C)n2nc(C(F)(F)F)c(Br)c2C2CC2)c1C. The Balaban J connectivity index is 1.79. The van der Waals surface area contributed by atoms with Crippen molar-refractivity contribution in [2.45, 2.75) is 64.8 Å². The second-order valence-electron chi connectivity index (χ2n) is 6.73. The summed E-state index contributed by atoms with van der Waals surface area (Å²) >= 11 is 3.05. The maximum absolute atomic E-state index is 13.2. The van der Waals surface area contributed by atoms with Crippen LogP contribution in [0.2, 0.25) is 0 Å². The average molecular weight is 448 g/mol. The normalized spacial score (nSPS) is 15.8. The van der Waals surface area contributed by atoms with Gasteiger partial charge in [0.25, 0.3) is 0 Å². The summed E-state index contributed by atoms with van der Waals surface area (Å²) in [7, 11) is 0. The van der Waals surface area contributed by atoms with Gasteiger partial charge in [-0.25, -0.2) is 0 Å². The van der Waals surface area contributed by atoms with E-state index in [0.717, 1.165) is 30.6 Å². The van der Waals surface area contributed by atoms with E-state index < -0.39 is 17.9 Å². The molecule has 1 N–H and O–H groups in total. The Bertz CT molecular complexity index is 854. The monoisotopic (exact) mass is 447 g/mol. The van der Waals surface area contributed by atoms with Crippen molar-refractivity contribution >= 4 is 21.8 Å². The summed E-state index contributed by atoms with van der Waals surface area (Å²) in [5.41, 5.74) is 1.28. The summed E-state index contributed by atoms with van der Waals surface area (Å²) in [6.45, 7) is 6.43. The first-order valence-corrected chi connectivity index (χ1v) is 9.58. The molecule has 0 bridgehead atoms. The van der Waals surface area contributed by atoms with Crippen LogP contribution in [0.15, 0.2) is 10.7 Å². The molecule has 6 nitrogen and oxygen atoms in total. The van der Waals surface area contributed by atoms with E-state index in [1.165, 1.54) is 4.68 Å². The molecule has 0 saturated heterocycles. The van der Waals surface area contributed by atoms with Crippen molar-refractivity contribution < 1.29 is 18.0 Å². The van der Waals surface area contributed by atoms with Gasteiger partial charge in [-0.2, -0.15) is 23.4 Å². The lowest BCUT2D eigenvalue weighted by molar-refractivity contribution is -0.142. The van der Waals surface area contributed by atoms with Crippen LogP contribution in [-0.2, 0) is 24.1 Å². The standard InChI is InChI=1S/C17H21BrF3N5O/c1-4-25-9(2)12(8-23-25)7-22-16(27)10(3)26-14(11-5-6-11)13(18)15(24-26)17(19,20)21/h8,10-11H,4-7H2,1-3H3,(H,22,27). The first-order valence-electron chi connectivity index (χ1n) is 8.79. The number of aryl methyl sites for hydroxylation is 1. The Labute approximate surface area is 163 Å². The summed E-state index contributed by atoms with van der Waals surface area (Å²) in [6, 6.07) is -0.852. The van der Waals surface area contributed by atoms with Gasteiger partial charge in [0.15, 0.2) is 5.69 Å². The summed E-state index contributed by atoms with van der Waals surface area (Å²) in [5.74, 6) is -0.382. The molecule has 1 aliphatic rings. The number of halogens is 4. The van der Waals surface area contributed by atoms with Crippen molar-refractivity contribution in [3.05, 3.63) is 33.3 Å². The first kappa shape index (κ1) is 19.9. The number of hydrogen-bond acceptors (Lipinski definition) is 3. The quantitative estimate of drug-likeness (QED) is 0.728. The van der Waals surface area contributed by atoms with Gasteiger partial charge in [-0.15, -0.1) is 0 Å². The molecule has 2 aromatic rings. The predicted octanol–water partition coefficient (Wildman–Crippen LogP) is 3.94. The second-order valence-corrected chi connectivity index (χ2v) is 7.52. The Hall–Kier alpha value is -1.84. The summed E-state index contributed by atoms with van der Waals surface area (Å²) in [6.07, 6.45) is -1.29. The third kappa shape index (κ3) is 3.90. The van der Waals surface area contributed by atoms with Crippen molar-refractivity contribution in [1.82, 2.24) is 24.9 Å². The molecule has 0 spiro atoms. The van der Waals surface area contributed by atoms with Crippen molar-refractivity contribution in [2.24, 2.45) is 0 Å². The van der Waals surface area contributed by atoms with E-state index in [-0.39, 0.29) is 22.8 Å². The van der Waals surface area contributed by atoms with Crippen LogP contribution in [0.25, 0.3) is 0 Å². The highest BCUT2D eigenvalue weighted by Gasteiger charge is 2.43. The molecular formula is C17H21BrF3N5O. The van der Waals surface area contributed by atoms with Gasteiger partial charge in [0, 0.05) is 30.3 Å². The molecule has 2 aromatic heterocycles. The molecule has 2 heterocycles. The molecule has 1 fully saturated rings. The lowest BCUT2D eigenvalue weighted by Gasteiger charge is -2.16. The number of nitrogens with zero attached hydrogens (tertiary/aromatic N) is 4. The molecule has 0 aliphatic heterocycles. The third-order valence-electron chi connectivity index (χ3n) is 4.82. The molecule has 1 unspecified atom stereocenters. The minimum atomic E-state index is -4.57. The number of nitrogens with one attached hydrogen (secondary N) is 1. The van der Waals surface area contributed by atoms with Gasteiger partial charge in [0.05, 0.1) is 16.4 Å². The highest BCUT2D eigenvalue weighted by atomic mass is 79.9. The van der Waals surface area contributed by atoms with E-state index in [9.17, 15) is 18.0 Å². The number of aromatic nitrogens is 4. The zero-order valence-corrected chi connectivity index (χ0v) is 16.9. The number of alkyl halides is 3. The molecule has 0 aromatic carbocycles. The molecule has 10 heteroatoms. The lowest BCUT2D eigenvalue weighted by Crippen LogP contribution is -2.32. The largest absolute Gasteiger partial charge is 0.436 e. The lowest BCUT2D eigenvalue weighted by atomic mass is 10.2. The van der Waals surface area contributed by atoms with Gasteiger partial charge in [-0.1, -0.05) is 0 Å². The molecular weight excluding hydrogens is 427 g/mol. The fourth-order valence-electron chi connectivity index (χ4n) is 3.05. The fourth-order valence-corrected chi connectivity index (χ4v) is 3.85. The van der Waals surface area contributed by atoms with Gasteiger partial charge >= 0.3 is 6.18 Å². The smallest absolute Gasteiger partial charge is 0.350 e. The molecule has 1 saturated carbocycles. The molecule has 148 valence electrons. The van der Waals surface area contributed by atoms with E-state index >= 15 is 0 Å². The summed E-state index contributed by atoms with van der Waals surface area (Å²) < 4.78 is 42.6. The molecule has 0 radical (unpaired) electrons. The number of rotatable bonds is 6. The van der Waals surface area contributed by atoms with Crippen LogP contribution >= 0.6 is 15.9 Å². The van der Waals surface area contributed by atoms with Crippen LogP contribution < -0.4 is 5.32 Å². The number of carbonyl (C=O) groups is 1. The van der Waals surface area contributed by atoms with Crippen molar-refractivity contribution in [3.63, 3.8) is 0 Å². The van der Waals surface area contributed by atoms with Crippen LogP contribution in [-0.4, -0.2) is 25.5 Å². The van der Waals surface area contributed by atoms with Gasteiger partial charge < -0.3 is 5.32 Å². The van der Waals surface area contributed by atoms with Crippen LogP contribution in [0.1, 0.15) is 61.3 Å². The van der Waals surface area contributed by atoms with Crippen molar-refractivity contribution in [3.8, 4) is 0 Å². The van der Waals surface area contributed by atoms with E-state index in [1.807, 2.05) is 18.5 Å². The Morgan fingerprint density at radius 3 is 2.63 bits per heavy atom. The molecule has 3 rings (SSSR count). The first-order chi connectivity index (χ1) is 12.6. The second kappa shape index (κ2) is 7.29. The molecule has 27 heavy (non-hydrogen) atoms. The van der Waals surface area contributed by atoms with Gasteiger partial charge in [-0.3, -0.25) is 14.2 Å². The van der Waals surface area contributed by atoms with Crippen LogP contribution in [0.4, 0.5) is 13.2 Å². The zero-order chi connectivity index (χ0) is 19.9. The van der Waals surface area contributed by atoms with E-state index in [0.29, 0.717) is 5.69 Å². The van der Waals surface area contributed by atoms with Crippen molar-refractivity contribution in [1.29, 1.82) is 0 Å². The topological polar surface area (TPSA) is 64.7 Å². The van der Waals surface area contributed by atoms with E-state index in [1.54, 1.807) is 13.1 Å². The van der Waals surface area contributed by atoms with E-state index in [2.05, 4.69) is 31.4 Å². The van der Waals surface area contributed by atoms with Gasteiger partial charge in [0.2, 0.25) is 5.91 Å². The minimum absolute atomic E-state index is 0.00301. The number of carbonyl (C=O) groups excluding carboxylic acids is 1. The number of hydrogen-bond donors (Lipinski definition) is 1. The van der Waals surface area contributed by atoms with Crippen LogP contribution in [0.3, 0.4) is 0 Å². The van der Waals surface area contributed by atoms with Gasteiger partial charge in [0.1, 0.15) is 6.04 Å². The highest BCUT2D eigenvalue weighted by molar-refractivity contribution is 9.10. The van der Waals surface area contributed by atoms with E-state index in [4.69, 9.17) is 0 Å². The maximum Gasteiger partial charge on any atom is 0.436 e. The highest BCUT2D eigenvalue weighted by Crippen LogP contribution is 2.47. The van der Waals surface area contributed by atoms with Crippen LogP contribution in [0, 0.1) is 6.92 Å². The average Bonchev–Trinajstić information content (AvgIpc) is 3.28. The summed E-state index contributed by atoms with van der Waals surface area (Å²) in [5, 5.41) is 10.7. The Kier molecular flexibility index (Phi) is 5.38. The van der Waals surface area contributed by atoms with Crippen LogP contribution in [0.5, 0.6) is 0 Å². The third-order valence-corrected chi connectivity index (χ3v) is 5.61. The fraction of sp³-hybridized carbons (Fsp3) is 0.588. The zero-order valence-electron chi connectivity index (χ0n) is 15.3. The summed E-state index contributed by atoms with van der Waals surface area (Å²) in [4.78, 5) is 12.6. The minimum Gasteiger partial charge on any atom is -0.350 e. The Morgan fingerprint density at radius 1 is 1.44 bits per heavy atom. The number of amides is 1. The predicted molar refractivity (Wildman–Crippen MR) is 96.1 cm³/mol. The van der Waals surface area contributed by atoms with Crippen molar-refractivity contribution in [2.75, 3.05) is 0 Å². The molecule has 1 atom stereocenters. The Morgan fingerprint density at radius 2 is 2.11 bits per heavy atom. The van der Waals surface area contributed by atoms with Gasteiger partial charge in [-0.05, 0) is 49.5 Å².